The van der Waals surface area contributed by atoms with Gasteiger partial charge in [0.1, 0.15) is 11.1 Å². The van der Waals surface area contributed by atoms with Crippen LogP contribution >= 0.6 is 27.7 Å². The second-order valence-corrected chi connectivity index (χ2v) is 5.23. The smallest absolute Gasteiger partial charge is 0.322 e. The van der Waals surface area contributed by atoms with E-state index in [1.807, 2.05) is 12.1 Å². The molecule has 1 atom stereocenters. The van der Waals surface area contributed by atoms with E-state index in [1.54, 1.807) is 25.0 Å². The summed E-state index contributed by atoms with van der Waals surface area (Å²) in [4.78, 5) is 15.6. The van der Waals surface area contributed by atoms with Crippen LogP contribution in [-0.4, -0.2) is 36.9 Å². The highest BCUT2D eigenvalue weighted by atomic mass is 79.9. The number of nitrogens with one attached hydrogen (secondary N) is 1. The first kappa shape index (κ1) is 14.5. The van der Waals surface area contributed by atoms with Gasteiger partial charge in [0.15, 0.2) is 0 Å². The molecule has 0 amide bonds. The van der Waals surface area contributed by atoms with Gasteiger partial charge < -0.3 is 10.1 Å². The third kappa shape index (κ3) is 4.65. The Morgan fingerprint density at radius 1 is 1.71 bits per heavy atom. The van der Waals surface area contributed by atoms with Crippen molar-refractivity contribution in [1.29, 1.82) is 0 Å². The number of carbonyl (C=O) groups excluding carboxylic acids is 1. The number of hydrogen-bond acceptors (Lipinski definition) is 5. The fraction of sp³-hybridized carbons (Fsp3) is 0.455. The molecule has 0 saturated carbocycles. The number of nitrogens with zero attached hydrogens (tertiary/aromatic N) is 1. The van der Waals surface area contributed by atoms with Gasteiger partial charge in [-0.15, -0.1) is 11.8 Å². The topological polar surface area (TPSA) is 51.2 Å². The van der Waals surface area contributed by atoms with Crippen molar-refractivity contribution in [1.82, 2.24) is 10.3 Å². The van der Waals surface area contributed by atoms with Crippen LogP contribution in [-0.2, 0) is 9.53 Å². The van der Waals surface area contributed by atoms with E-state index in [4.69, 9.17) is 4.74 Å². The molecule has 1 N–H and O–H groups in total. The second kappa shape index (κ2) is 7.68. The number of carbonyl (C=O) groups is 1. The number of hydrogen-bond donors (Lipinski definition) is 1. The molecule has 0 aliphatic carbocycles. The van der Waals surface area contributed by atoms with Crippen molar-refractivity contribution in [2.45, 2.75) is 17.5 Å². The number of methoxy groups -OCH3 is 1. The number of halogens is 1. The quantitative estimate of drug-likeness (QED) is 0.643. The summed E-state index contributed by atoms with van der Waals surface area (Å²) in [5.41, 5.74) is 0. The molecule has 0 saturated heterocycles. The van der Waals surface area contributed by atoms with Crippen LogP contribution < -0.4 is 5.32 Å². The first-order valence-corrected chi connectivity index (χ1v) is 6.95. The Morgan fingerprint density at radius 2 is 2.47 bits per heavy atom. The summed E-state index contributed by atoms with van der Waals surface area (Å²) >= 11 is 5.05. The van der Waals surface area contributed by atoms with Crippen molar-refractivity contribution >= 4 is 33.7 Å². The summed E-state index contributed by atoms with van der Waals surface area (Å²) in [6.07, 6.45) is 2.46. The van der Waals surface area contributed by atoms with E-state index < -0.39 is 0 Å². The standard InChI is InChI=1S/C11H15BrN2O2S/c1-13-9(11(15)16-2)5-7-17-10-8(12)4-3-6-14-10/h3-4,6,9,13H,5,7H2,1-2H3. The Hall–Kier alpha value is -0.590. The SMILES string of the molecule is CNC(CCSc1ncccc1Br)C(=O)OC. The van der Waals surface area contributed by atoms with Gasteiger partial charge in [-0.2, -0.15) is 0 Å². The molecular weight excluding hydrogens is 304 g/mol. The molecule has 0 radical (unpaired) electrons. The molecule has 1 heterocycles. The van der Waals surface area contributed by atoms with E-state index in [2.05, 4.69) is 26.2 Å². The van der Waals surface area contributed by atoms with Gasteiger partial charge in [0.25, 0.3) is 0 Å². The molecule has 4 nitrogen and oxygen atoms in total. The lowest BCUT2D eigenvalue weighted by Gasteiger charge is -2.12. The molecule has 0 fully saturated rings. The zero-order valence-corrected chi connectivity index (χ0v) is 12.2. The van der Waals surface area contributed by atoms with Crippen molar-refractivity contribution in [2.24, 2.45) is 0 Å². The summed E-state index contributed by atoms with van der Waals surface area (Å²) in [6.45, 7) is 0. The van der Waals surface area contributed by atoms with Gasteiger partial charge in [0.2, 0.25) is 0 Å². The molecule has 1 aromatic rings. The minimum atomic E-state index is -0.255. The number of ether oxygens (including phenoxy) is 1. The summed E-state index contributed by atoms with van der Waals surface area (Å²) in [7, 11) is 3.15. The molecule has 94 valence electrons. The third-order valence-electron chi connectivity index (χ3n) is 2.20. The van der Waals surface area contributed by atoms with Crippen LogP contribution in [0.3, 0.4) is 0 Å². The average molecular weight is 319 g/mol. The first-order valence-electron chi connectivity index (χ1n) is 5.17. The summed E-state index contributed by atoms with van der Waals surface area (Å²) in [6, 6.07) is 3.57. The molecule has 6 heteroatoms. The number of likely N-dealkylation sites (N-methyl/N-ethyl adjacent to an activating group) is 1. The minimum Gasteiger partial charge on any atom is -0.468 e. The molecule has 1 rings (SSSR count). The van der Waals surface area contributed by atoms with E-state index in [1.165, 1.54) is 7.11 Å². The highest BCUT2D eigenvalue weighted by molar-refractivity contribution is 9.10. The van der Waals surface area contributed by atoms with Gasteiger partial charge in [0.05, 0.1) is 7.11 Å². The molecule has 0 bridgehead atoms. The monoisotopic (exact) mass is 318 g/mol. The van der Waals surface area contributed by atoms with E-state index in [0.717, 1.165) is 15.3 Å². The van der Waals surface area contributed by atoms with Crippen LogP contribution in [0.1, 0.15) is 6.42 Å². The van der Waals surface area contributed by atoms with Crippen molar-refractivity contribution in [3.05, 3.63) is 22.8 Å². The van der Waals surface area contributed by atoms with E-state index in [-0.39, 0.29) is 12.0 Å². The zero-order valence-electron chi connectivity index (χ0n) is 9.77. The molecule has 1 aromatic heterocycles. The highest BCUT2D eigenvalue weighted by Crippen LogP contribution is 2.25. The van der Waals surface area contributed by atoms with E-state index in [0.29, 0.717) is 6.42 Å². The predicted molar refractivity (Wildman–Crippen MR) is 72.1 cm³/mol. The Bertz CT molecular complexity index is 376. The number of rotatable bonds is 6. The van der Waals surface area contributed by atoms with Crippen LogP contribution in [0, 0.1) is 0 Å². The Balaban J connectivity index is 2.42. The van der Waals surface area contributed by atoms with E-state index >= 15 is 0 Å². The Kier molecular flexibility index (Phi) is 6.54. The lowest BCUT2D eigenvalue weighted by atomic mass is 10.2. The minimum absolute atomic E-state index is 0.229. The maximum absolute atomic E-state index is 11.3. The molecule has 0 aliphatic rings. The maximum atomic E-state index is 11.3. The van der Waals surface area contributed by atoms with Gasteiger partial charge in [-0.25, -0.2) is 4.98 Å². The van der Waals surface area contributed by atoms with Gasteiger partial charge in [-0.1, -0.05) is 0 Å². The molecule has 0 aromatic carbocycles. The van der Waals surface area contributed by atoms with Crippen molar-refractivity contribution in [3.63, 3.8) is 0 Å². The molecule has 0 aliphatic heterocycles. The molecular formula is C11H15BrN2O2S. The van der Waals surface area contributed by atoms with E-state index in [9.17, 15) is 4.79 Å². The summed E-state index contributed by atoms with van der Waals surface area (Å²) < 4.78 is 5.67. The average Bonchev–Trinajstić information content (AvgIpc) is 2.36. The van der Waals surface area contributed by atoms with Crippen LogP contribution in [0.5, 0.6) is 0 Å². The van der Waals surface area contributed by atoms with Crippen LogP contribution in [0.4, 0.5) is 0 Å². The first-order chi connectivity index (χ1) is 8.19. The zero-order chi connectivity index (χ0) is 12.7. The number of esters is 1. The highest BCUT2D eigenvalue weighted by Gasteiger charge is 2.16. The maximum Gasteiger partial charge on any atom is 0.322 e. The van der Waals surface area contributed by atoms with Crippen LogP contribution in [0.15, 0.2) is 27.8 Å². The number of thioether (sulfide) groups is 1. The third-order valence-corrected chi connectivity index (χ3v) is 4.15. The molecule has 17 heavy (non-hydrogen) atoms. The van der Waals surface area contributed by atoms with Gasteiger partial charge in [-0.05, 0) is 41.5 Å². The van der Waals surface area contributed by atoms with Gasteiger partial charge >= 0.3 is 5.97 Å². The number of pyridine rings is 1. The van der Waals surface area contributed by atoms with Crippen LogP contribution in [0.25, 0.3) is 0 Å². The Labute approximate surface area is 114 Å². The van der Waals surface area contributed by atoms with Crippen molar-refractivity contribution in [3.8, 4) is 0 Å². The number of aromatic nitrogens is 1. The summed E-state index contributed by atoms with van der Waals surface area (Å²) in [5.74, 6) is 0.573. The molecule has 1 unspecified atom stereocenters. The largest absolute Gasteiger partial charge is 0.468 e. The van der Waals surface area contributed by atoms with Gasteiger partial charge in [-0.3, -0.25) is 4.79 Å². The van der Waals surface area contributed by atoms with Crippen molar-refractivity contribution < 1.29 is 9.53 Å². The molecule has 0 spiro atoms. The Morgan fingerprint density at radius 3 is 3.06 bits per heavy atom. The van der Waals surface area contributed by atoms with Crippen molar-refractivity contribution in [2.75, 3.05) is 19.9 Å². The second-order valence-electron chi connectivity index (χ2n) is 3.29. The lowest BCUT2D eigenvalue weighted by Crippen LogP contribution is -2.35. The predicted octanol–water partition coefficient (Wildman–Crippen LogP) is 2.09. The summed E-state index contributed by atoms with van der Waals surface area (Å²) in [5, 5.41) is 3.87. The normalized spacial score (nSPS) is 12.2. The van der Waals surface area contributed by atoms with Gasteiger partial charge in [0, 0.05) is 16.4 Å². The van der Waals surface area contributed by atoms with Crippen LogP contribution in [0.2, 0.25) is 0 Å². The lowest BCUT2D eigenvalue weighted by molar-refractivity contribution is -0.143. The fourth-order valence-corrected chi connectivity index (χ4v) is 2.76. The fourth-order valence-electron chi connectivity index (χ4n) is 1.27.